The number of carbonyl (C=O) groups excluding carboxylic acids is 2. The standard InChI is InChI=1S/C23H21ClN2O3S/c1-15-20(24)7-4-8-21(15)26-22(27)14-30-19-6-3-5-17(13-19)25-23(28)16-9-11-18(29-2)12-10-16/h3-13H,14H2,1-2H3,(H,25,28)(H,26,27). The molecule has 0 aliphatic rings. The Labute approximate surface area is 184 Å². The number of thioether (sulfide) groups is 1. The number of anilines is 2. The van der Waals surface area contributed by atoms with Gasteiger partial charge in [0, 0.05) is 26.9 Å². The monoisotopic (exact) mass is 440 g/mol. The summed E-state index contributed by atoms with van der Waals surface area (Å²) in [5.74, 6) is 0.588. The summed E-state index contributed by atoms with van der Waals surface area (Å²) in [5.41, 5.74) is 2.73. The van der Waals surface area contributed by atoms with Crippen molar-refractivity contribution >= 4 is 46.6 Å². The van der Waals surface area contributed by atoms with E-state index in [2.05, 4.69) is 10.6 Å². The van der Waals surface area contributed by atoms with Crippen LogP contribution in [0.25, 0.3) is 0 Å². The molecule has 0 fully saturated rings. The zero-order chi connectivity index (χ0) is 21.5. The van der Waals surface area contributed by atoms with Crippen LogP contribution in [-0.4, -0.2) is 24.7 Å². The lowest BCUT2D eigenvalue weighted by molar-refractivity contribution is -0.113. The van der Waals surface area contributed by atoms with Gasteiger partial charge >= 0.3 is 0 Å². The smallest absolute Gasteiger partial charge is 0.255 e. The molecular weight excluding hydrogens is 420 g/mol. The number of halogens is 1. The Morgan fingerprint density at radius 3 is 2.47 bits per heavy atom. The van der Waals surface area contributed by atoms with Crippen LogP contribution in [0.15, 0.2) is 71.6 Å². The van der Waals surface area contributed by atoms with Gasteiger partial charge in [-0.05, 0) is 67.1 Å². The first-order valence-electron chi connectivity index (χ1n) is 9.19. The average molecular weight is 441 g/mol. The zero-order valence-electron chi connectivity index (χ0n) is 16.6. The minimum absolute atomic E-state index is 0.127. The molecule has 0 aromatic heterocycles. The van der Waals surface area contributed by atoms with Crippen LogP contribution in [0.1, 0.15) is 15.9 Å². The van der Waals surface area contributed by atoms with Crippen LogP contribution >= 0.6 is 23.4 Å². The van der Waals surface area contributed by atoms with Gasteiger partial charge in [-0.3, -0.25) is 9.59 Å². The van der Waals surface area contributed by atoms with E-state index in [9.17, 15) is 9.59 Å². The van der Waals surface area contributed by atoms with E-state index in [-0.39, 0.29) is 17.6 Å². The maximum atomic E-state index is 12.4. The molecule has 2 N–H and O–H groups in total. The number of hydrogen-bond donors (Lipinski definition) is 2. The Morgan fingerprint density at radius 1 is 1.00 bits per heavy atom. The number of benzene rings is 3. The molecule has 0 atom stereocenters. The van der Waals surface area contributed by atoms with Gasteiger partial charge in [0.05, 0.1) is 12.9 Å². The molecule has 7 heteroatoms. The molecule has 3 rings (SSSR count). The van der Waals surface area contributed by atoms with Crippen LogP contribution in [0.5, 0.6) is 5.75 Å². The van der Waals surface area contributed by atoms with Crippen molar-refractivity contribution in [2.45, 2.75) is 11.8 Å². The molecule has 2 amide bonds. The molecule has 0 saturated carbocycles. The molecule has 0 aliphatic heterocycles. The molecule has 0 heterocycles. The Bertz CT molecular complexity index is 1050. The van der Waals surface area contributed by atoms with Gasteiger partial charge in [0.1, 0.15) is 5.75 Å². The lowest BCUT2D eigenvalue weighted by Crippen LogP contribution is -2.15. The second kappa shape index (κ2) is 10.2. The van der Waals surface area contributed by atoms with Crippen LogP contribution < -0.4 is 15.4 Å². The maximum absolute atomic E-state index is 12.4. The zero-order valence-corrected chi connectivity index (χ0v) is 18.1. The second-order valence-electron chi connectivity index (χ2n) is 6.46. The first kappa shape index (κ1) is 21.7. The van der Waals surface area contributed by atoms with E-state index in [1.54, 1.807) is 49.6 Å². The predicted molar refractivity (Wildman–Crippen MR) is 123 cm³/mol. The van der Waals surface area contributed by atoms with Gasteiger partial charge in [0.15, 0.2) is 0 Å². The third-order valence-corrected chi connectivity index (χ3v) is 5.76. The number of methoxy groups -OCH3 is 1. The van der Waals surface area contributed by atoms with Crippen LogP contribution in [0, 0.1) is 6.92 Å². The number of rotatable bonds is 7. The molecule has 30 heavy (non-hydrogen) atoms. The van der Waals surface area contributed by atoms with Crippen LogP contribution in [0.3, 0.4) is 0 Å². The van der Waals surface area contributed by atoms with Gasteiger partial charge < -0.3 is 15.4 Å². The van der Waals surface area contributed by atoms with Crippen LogP contribution in [0.4, 0.5) is 11.4 Å². The topological polar surface area (TPSA) is 67.4 Å². The highest BCUT2D eigenvalue weighted by atomic mass is 35.5. The molecule has 3 aromatic rings. The molecule has 0 spiro atoms. The molecule has 0 unspecified atom stereocenters. The molecule has 3 aromatic carbocycles. The normalized spacial score (nSPS) is 10.4. The maximum Gasteiger partial charge on any atom is 0.255 e. The fraction of sp³-hybridized carbons (Fsp3) is 0.130. The van der Waals surface area contributed by atoms with Crippen molar-refractivity contribution in [3.05, 3.63) is 82.9 Å². The highest BCUT2D eigenvalue weighted by molar-refractivity contribution is 8.00. The Hall–Kier alpha value is -2.96. The van der Waals surface area contributed by atoms with Gasteiger partial charge in [0.2, 0.25) is 5.91 Å². The van der Waals surface area contributed by atoms with Gasteiger partial charge in [-0.25, -0.2) is 0 Å². The second-order valence-corrected chi connectivity index (χ2v) is 7.92. The van der Waals surface area contributed by atoms with Crippen molar-refractivity contribution < 1.29 is 14.3 Å². The van der Waals surface area contributed by atoms with Gasteiger partial charge in [0.25, 0.3) is 5.91 Å². The molecule has 0 aliphatic carbocycles. The summed E-state index contributed by atoms with van der Waals surface area (Å²) in [6.45, 7) is 1.86. The summed E-state index contributed by atoms with van der Waals surface area (Å²) in [4.78, 5) is 25.6. The van der Waals surface area contributed by atoms with E-state index in [1.165, 1.54) is 11.8 Å². The van der Waals surface area contributed by atoms with Crippen LogP contribution in [0.2, 0.25) is 5.02 Å². The third-order valence-electron chi connectivity index (χ3n) is 4.36. The predicted octanol–water partition coefficient (Wildman–Crippen LogP) is 5.64. The quantitative estimate of drug-likeness (QED) is 0.466. The highest BCUT2D eigenvalue weighted by Gasteiger charge is 2.09. The summed E-state index contributed by atoms with van der Waals surface area (Å²) in [7, 11) is 1.58. The number of carbonyl (C=O) groups is 2. The van der Waals surface area contributed by atoms with Gasteiger partial charge in [-0.1, -0.05) is 23.7 Å². The van der Waals surface area contributed by atoms with E-state index in [4.69, 9.17) is 16.3 Å². The van der Waals surface area contributed by atoms with Crippen molar-refractivity contribution in [3.63, 3.8) is 0 Å². The molecule has 0 bridgehead atoms. The lowest BCUT2D eigenvalue weighted by atomic mass is 10.2. The number of amides is 2. The Kier molecular flexibility index (Phi) is 7.38. The number of hydrogen-bond acceptors (Lipinski definition) is 4. The largest absolute Gasteiger partial charge is 0.497 e. The van der Waals surface area contributed by atoms with E-state index in [0.717, 1.165) is 10.5 Å². The minimum Gasteiger partial charge on any atom is -0.497 e. The number of nitrogens with one attached hydrogen (secondary N) is 2. The first-order chi connectivity index (χ1) is 14.5. The molecule has 154 valence electrons. The van der Waals surface area contributed by atoms with Gasteiger partial charge in [-0.15, -0.1) is 11.8 Å². The van der Waals surface area contributed by atoms with Crippen LogP contribution in [-0.2, 0) is 4.79 Å². The minimum atomic E-state index is -0.214. The van der Waals surface area contributed by atoms with Crippen molar-refractivity contribution in [2.24, 2.45) is 0 Å². The van der Waals surface area contributed by atoms with Crippen molar-refractivity contribution in [3.8, 4) is 5.75 Å². The molecular formula is C23H21ClN2O3S. The lowest BCUT2D eigenvalue weighted by Gasteiger charge is -2.10. The third kappa shape index (κ3) is 5.78. The van der Waals surface area contributed by atoms with Crippen molar-refractivity contribution in [2.75, 3.05) is 23.5 Å². The average Bonchev–Trinajstić information content (AvgIpc) is 2.76. The van der Waals surface area contributed by atoms with Crippen molar-refractivity contribution in [1.29, 1.82) is 0 Å². The fourth-order valence-corrected chi connectivity index (χ4v) is 3.62. The molecule has 0 saturated heterocycles. The van der Waals surface area contributed by atoms with E-state index in [1.807, 2.05) is 31.2 Å². The Balaban J connectivity index is 1.57. The number of ether oxygens (including phenoxy) is 1. The summed E-state index contributed by atoms with van der Waals surface area (Å²) >= 11 is 7.48. The summed E-state index contributed by atoms with van der Waals surface area (Å²) in [6, 6.07) is 19.7. The highest BCUT2D eigenvalue weighted by Crippen LogP contribution is 2.25. The van der Waals surface area contributed by atoms with E-state index < -0.39 is 0 Å². The van der Waals surface area contributed by atoms with E-state index in [0.29, 0.717) is 27.7 Å². The molecule has 5 nitrogen and oxygen atoms in total. The molecule has 0 radical (unpaired) electrons. The van der Waals surface area contributed by atoms with Crippen molar-refractivity contribution in [1.82, 2.24) is 0 Å². The Morgan fingerprint density at radius 2 is 1.73 bits per heavy atom. The fourth-order valence-electron chi connectivity index (χ4n) is 2.69. The summed E-state index contributed by atoms with van der Waals surface area (Å²) in [5, 5.41) is 6.36. The SMILES string of the molecule is COc1ccc(C(=O)Nc2cccc(SCC(=O)Nc3cccc(Cl)c3C)c2)cc1. The summed E-state index contributed by atoms with van der Waals surface area (Å²) in [6.07, 6.45) is 0. The van der Waals surface area contributed by atoms with Gasteiger partial charge in [-0.2, -0.15) is 0 Å². The first-order valence-corrected chi connectivity index (χ1v) is 10.6. The summed E-state index contributed by atoms with van der Waals surface area (Å²) < 4.78 is 5.11. The van der Waals surface area contributed by atoms with E-state index >= 15 is 0 Å².